The van der Waals surface area contributed by atoms with Crippen molar-refractivity contribution >= 4 is 11.6 Å². The quantitative estimate of drug-likeness (QED) is 0.809. The first-order chi connectivity index (χ1) is 8.65. The van der Waals surface area contributed by atoms with E-state index in [-0.39, 0.29) is 17.8 Å². The Bertz CT molecular complexity index is 425. The van der Waals surface area contributed by atoms with Crippen molar-refractivity contribution in [3.05, 3.63) is 23.8 Å². The Labute approximate surface area is 107 Å². The van der Waals surface area contributed by atoms with Crippen LogP contribution in [-0.2, 0) is 9.53 Å². The Hall–Kier alpha value is -1.55. The summed E-state index contributed by atoms with van der Waals surface area (Å²) in [7, 11) is 0. The summed E-state index contributed by atoms with van der Waals surface area (Å²) >= 11 is 0. The van der Waals surface area contributed by atoms with Gasteiger partial charge in [-0.3, -0.25) is 4.79 Å². The number of hydrogen-bond acceptors (Lipinski definition) is 3. The average molecular weight is 249 g/mol. The molecule has 2 rings (SSSR count). The molecule has 1 aromatic rings. The fourth-order valence-corrected chi connectivity index (χ4v) is 2.16. The molecule has 18 heavy (non-hydrogen) atoms. The van der Waals surface area contributed by atoms with Gasteiger partial charge >= 0.3 is 0 Å². The summed E-state index contributed by atoms with van der Waals surface area (Å²) in [5, 5.41) is 12.2. The second kappa shape index (κ2) is 5.87. The van der Waals surface area contributed by atoms with Crippen LogP contribution in [-0.4, -0.2) is 23.7 Å². The Morgan fingerprint density at radius 1 is 1.50 bits per heavy atom. The van der Waals surface area contributed by atoms with E-state index < -0.39 is 0 Å². The normalized spacial score (nSPS) is 19.5. The minimum Gasteiger partial charge on any atom is -0.508 e. The standard InChI is InChI=1S/C14H19NO3/c1-10-8-11(16)5-6-13(10)15-14(17)9-12-4-2-3-7-18-12/h5-6,8,12,16H,2-4,7,9H2,1H3,(H,15,17). The maximum atomic E-state index is 11.9. The lowest BCUT2D eigenvalue weighted by molar-refractivity contribution is -0.119. The zero-order valence-electron chi connectivity index (χ0n) is 10.6. The molecule has 0 spiro atoms. The molecule has 1 unspecified atom stereocenters. The van der Waals surface area contributed by atoms with Crippen molar-refractivity contribution in [1.29, 1.82) is 0 Å². The molecular formula is C14H19NO3. The Morgan fingerprint density at radius 2 is 2.33 bits per heavy atom. The smallest absolute Gasteiger partial charge is 0.226 e. The molecule has 1 fully saturated rings. The lowest BCUT2D eigenvalue weighted by Gasteiger charge is -2.22. The van der Waals surface area contributed by atoms with Crippen LogP contribution in [0.25, 0.3) is 0 Å². The van der Waals surface area contributed by atoms with Crippen molar-refractivity contribution in [3.63, 3.8) is 0 Å². The second-order valence-electron chi connectivity index (χ2n) is 4.74. The van der Waals surface area contributed by atoms with Crippen LogP contribution in [0.3, 0.4) is 0 Å². The first-order valence-electron chi connectivity index (χ1n) is 6.36. The number of nitrogens with one attached hydrogen (secondary N) is 1. The summed E-state index contributed by atoms with van der Waals surface area (Å²) in [6.07, 6.45) is 3.64. The van der Waals surface area contributed by atoms with Gasteiger partial charge in [-0.15, -0.1) is 0 Å². The molecule has 1 heterocycles. The number of anilines is 1. The number of aromatic hydroxyl groups is 1. The predicted molar refractivity (Wildman–Crippen MR) is 69.7 cm³/mol. The fraction of sp³-hybridized carbons (Fsp3) is 0.500. The SMILES string of the molecule is Cc1cc(O)ccc1NC(=O)CC1CCCCO1. The van der Waals surface area contributed by atoms with Crippen LogP contribution in [0.15, 0.2) is 18.2 Å². The third-order valence-electron chi connectivity index (χ3n) is 3.17. The molecule has 98 valence electrons. The molecule has 1 aromatic carbocycles. The van der Waals surface area contributed by atoms with Crippen molar-refractivity contribution < 1.29 is 14.6 Å². The Kier molecular flexibility index (Phi) is 4.20. The van der Waals surface area contributed by atoms with Crippen LogP contribution in [0.2, 0.25) is 0 Å². The van der Waals surface area contributed by atoms with Gasteiger partial charge in [0.25, 0.3) is 0 Å². The van der Waals surface area contributed by atoms with E-state index in [4.69, 9.17) is 4.74 Å². The molecule has 0 aromatic heterocycles. The first-order valence-corrected chi connectivity index (χ1v) is 6.36. The molecule has 2 N–H and O–H groups in total. The summed E-state index contributed by atoms with van der Waals surface area (Å²) in [5.74, 6) is 0.178. The second-order valence-corrected chi connectivity index (χ2v) is 4.74. The van der Waals surface area contributed by atoms with E-state index in [1.165, 1.54) is 0 Å². The summed E-state index contributed by atoms with van der Waals surface area (Å²) in [6, 6.07) is 4.91. The molecule has 0 saturated carbocycles. The Morgan fingerprint density at radius 3 is 3.00 bits per heavy atom. The lowest BCUT2D eigenvalue weighted by Crippen LogP contribution is -2.25. The predicted octanol–water partition coefficient (Wildman–Crippen LogP) is 2.60. The van der Waals surface area contributed by atoms with Crippen LogP contribution in [0.4, 0.5) is 5.69 Å². The zero-order valence-corrected chi connectivity index (χ0v) is 10.6. The monoisotopic (exact) mass is 249 g/mol. The molecule has 1 atom stereocenters. The summed E-state index contributed by atoms with van der Waals surface area (Å²) in [5.41, 5.74) is 1.60. The minimum absolute atomic E-state index is 0.0318. The lowest BCUT2D eigenvalue weighted by atomic mass is 10.1. The number of rotatable bonds is 3. The van der Waals surface area contributed by atoms with Gasteiger partial charge in [-0.25, -0.2) is 0 Å². The number of carbonyl (C=O) groups is 1. The topological polar surface area (TPSA) is 58.6 Å². The molecule has 1 aliphatic rings. The molecule has 1 amide bonds. The average Bonchev–Trinajstić information content (AvgIpc) is 2.34. The van der Waals surface area contributed by atoms with E-state index in [1.807, 2.05) is 6.92 Å². The fourth-order valence-electron chi connectivity index (χ4n) is 2.16. The van der Waals surface area contributed by atoms with Crippen LogP contribution in [0.1, 0.15) is 31.2 Å². The molecule has 0 aliphatic carbocycles. The molecule has 0 bridgehead atoms. The number of phenolic OH excluding ortho intramolecular Hbond substituents is 1. The van der Waals surface area contributed by atoms with Crippen molar-refractivity contribution in [2.75, 3.05) is 11.9 Å². The number of phenols is 1. The number of amides is 1. The highest BCUT2D eigenvalue weighted by atomic mass is 16.5. The largest absolute Gasteiger partial charge is 0.508 e. The Balaban J connectivity index is 1.90. The van der Waals surface area contributed by atoms with E-state index in [0.29, 0.717) is 6.42 Å². The van der Waals surface area contributed by atoms with E-state index in [9.17, 15) is 9.90 Å². The molecule has 1 aliphatic heterocycles. The first kappa shape index (κ1) is 12.9. The molecule has 4 heteroatoms. The summed E-state index contributed by atoms with van der Waals surface area (Å²) in [4.78, 5) is 11.9. The highest BCUT2D eigenvalue weighted by Crippen LogP contribution is 2.21. The van der Waals surface area contributed by atoms with Crippen LogP contribution in [0, 0.1) is 6.92 Å². The van der Waals surface area contributed by atoms with Gasteiger partial charge in [0.15, 0.2) is 0 Å². The third kappa shape index (κ3) is 3.47. The molecular weight excluding hydrogens is 230 g/mol. The van der Waals surface area contributed by atoms with Crippen molar-refractivity contribution in [3.8, 4) is 5.75 Å². The number of hydrogen-bond donors (Lipinski definition) is 2. The van der Waals surface area contributed by atoms with Gasteiger partial charge in [-0.1, -0.05) is 0 Å². The molecule has 1 saturated heterocycles. The van der Waals surface area contributed by atoms with Gasteiger partial charge < -0.3 is 15.2 Å². The van der Waals surface area contributed by atoms with Gasteiger partial charge in [0.05, 0.1) is 12.5 Å². The van der Waals surface area contributed by atoms with Gasteiger partial charge in [0.2, 0.25) is 5.91 Å². The van der Waals surface area contributed by atoms with E-state index in [0.717, 1.165) is 37.1 Å². The van der Waals surface area contributed by atoms with Crippen LogP contribution in [0.5, 0.6) is 5.75 Å². The van der Waals surface area contributed by atoms with Crippen molar-refractivity contribution in [2.24, 2.45) is 0 Å². The number of benzene rings is 1. The van der Waals surface area contributed by atoms with E-state index >= 15 is 0 Å². The highest BCUT2D eigenvalue weighted by Gasteiger charge is 2.17. The van der Waals surface area contributed by atoms with Gasteiger partial charge in [-0.2, -0.15) is 0 Å². The summed E-state index contributed by atoms with van der Waals surface area (Å²) in [6.45, 7) is 2.61. The number of ether oxygens (including phenoxy) is 1. The maximum Gasteiger partial charge on any atom is 0.226 e. The van der Waals surface area contributed by atoms with Crippen LogP contribution < -0.4 is 5.32 Å². The van der Waals surface area contributed by atoms with E-state index in [2.05, 4.69) is 5.32 Å². The van der Waals surface area contributed by atoms with Crippen LogP contribution >= 0.6 is 0 Å². The highest BCUT2D eigenvalue weighted by molar-refractivity contribution is 5.91. The van der Waals surface area contributed by atoms with E-state index in [1.54, 1.807) is 18.2 Å². The number of aryl methyl sites for hydroxylation is 1. The zero-order chi connectivity index (χ0) is 13.0. The molecule has 0 radical (unpaired) electrons. The number of carbonyl (C=O) groups excluding carboxylic acids is 1. The maximum absolute atomic E-state index is 11.9. The van der Waals surface area contributed by atoms with Gasteiger partial charge in [0.1, 0.15) is 5.75 Å². The van der Waals surface area contributed by atoms with Gasteiger partial charge in [-0.05, 0) is 49.9 Å². The van der Waals surface area contributed by atoms with Crippen molar-refractivity contribution in [1.82, 2.24) is 0 Å². The van der Waals surface area contributed by atoms with Gasteiger partial charge in [0, 0.05) is 12.3 Å². The minimum atomic E-state index is -0.0318. The summed E-state index contributed by atoms with van der Waals surface area (Å²) < 4.78 is 5.53. The molecule has 4 nitrogen and oxygen atoms in total. The third-order valence-corrected chi connectivity index (χ3v) is 3.17. The van der Waals surface area contributed by atoms with Crippen molar-refractivity contribution in [2.45, 2.75) is 38.7 Å².